The summed E-state index contributed by atoms with van der Waals surface area (Å²) in [6.45, 7) is 2.95. The number of alkyl halides is 2. The van der Waals surface area contributed by atoms with Crippen molar-refractivity contribution in [2.45, 2.75) is 109 Å². The van der Waals surface area contributed by atoms with Crippen LogP contribution in [0.25, 0.3) is 0 Å². The van der Waals surface area contributed by atoms with Gasteiger partial charge in [-0.1, -0.05) is 76.1 Å². The molecule has 2 saturated carbocycles. The zero-order chi connectivity index (χ0) is 21.6. The van der Waals surface area contributed by atoms with Crippen molar-refractivity contribution >= 4 is 5.78 Å². The molecule has 0 aliphatic heterocycles. The number of halogens is 2. The van der Waals surface area contributed by atoms with Crippen LogP contribution in [-0.4, -0.2) is 11.7 Å². The smallest absolute Gasteiger partial charge is 0.287 e. The molecule has 3 heteroatoms. The van der Waals surface area contributed by atoms with Crippen LogP contribution in [0.1, 0.15) is 119 Å². The Bertz CT molecular complexity index is 644. The van der Waals surface area contributed by atoms with Gasteiger partial charge < -0.3 is 0 Å². The summed E-state index contributed by atoms with van der Waals surface area (Å²) >= 11 is 0. The minimum absolute atomic E-state index is 0.117. The molecule has 2 fully saturated rings. The van der Waals surface area contributed by atoms with Gasteiger partial charge >= 0.3 is 5.92 Å². The minimum atomic E-state index is -3.30. The van der Waals surface area contributed by atoms with Crippen LogP contribution < -0.4 is 0 Å². The summed E-state index contributed by atoms with van der Waals surface area (Å²) in [5.74, 6) is -1.09. The van der Waals surface area contributed by atoms with Crippen LogP contribution in [-0.2, 0) is 0 Å². The molecule has 2 aliphatic carbocycles. The van der Waals surface area contributed by atoms with Crippen molar-refractivity contribution in [1.29, 1.82) is 0 Å². The first-order valence-corrected chi connectivity index (χ1v) is 12.4. The molecule has 30 heavy (non-hydrogen) atoms. The number of carbonyl (C=O) groups excluding carboxylic acids is 1. The van der Waals surface area contributed by atoms with E-state index in [9.17, 15) is 13.6 Å². The van der Waals surface area contributed by atoms with Gasteiger partial charge in [-0.2, -0.15) is 8.78 Å². The van der Waals surface area contributed by atoms with E-state index in [0.29, 0.717) is 12.8 Å². The lowest BCUT2D eigenvalue weighted by atomic mass is 9.68. The van der Waals surface area contributed by atoms with Gasteiger partial charge in [0.25, 0.3) is 0 Å². The molecule has 0 bridgehead atoms. The van der Waals surface area contributed by atoms with Gasteiger partial charge in [0, 0.05) is 12.5 Å². The Morgan fingerprint density at radius 3 is 1.97 bits per heavy atom. The number of Topliss-reactive ketones (excluding diaryl/α,β-unsaturated/α-hetero) is 1. The molecule has 3 rings (SSSR count). The molecule has 168 valence electrons. The van der Waals surface area contributed by atoms with E-state index in [1.165, 1.54) is 89.0 Å². The lowest BCUT2D eigenvalue weighted by Crippen LogP contribution is -2.25. The maximum Gasteiger partial charge on any atom is 0.307 e. The first kappa shape index (κ1) is 23.4. The maximum absolute atomic E-state index is 13.2. The number of benzene rings is 1. The van der Waals surface area contributed by atoms with Crippen LogP contribution in [0.5, 0.6) is 0 Å². The van der Waals surface area contributed by atoms with Gasteiger partial charge in [-0.3, -0.25) is 4.79 Å². The van der Waals surface area contributed by atoms with E-state index in [1.807, 2.05) is 12.1 Å². The van der Waals surface area contributed by atoms with E-state index in [1.54, 1.807) is 12.1 Å². The molecular weight excluding hydrogens is 378 g/mol. The molecule has 0 aromatic heterocycles. The third-order valence-electron chi connectivity index (χ3n) is 7.84. The lowest BCUT2D eigenvalue weighted by molar-refractivity contribution is 0.0221. The number of hydrogen-bond donors (Lipinski definition) is 0. The quantitative estimate of drug-likeness (QED) is 0.290. The summed E-state index contributed by atoms with van der Waals surface area (Å²) in [6, 6.07) is 6.97. The van der Waals surface area contributed by atoms with Crippen molar-refractivity contribution in [3.8, 4) is 0 Å². The summed E-state index contributed by atoms with van der Waals surface area (Å²) in [5, 5.41) is 0. The van der Waals surface area contributed by atoms with Crippen LogP contribution in [0.4, 0.5) is 8.78 Å². The van der Waals surface area contributed by atoms with E-state index >= 15 is 0 Å². The van der Waals surface area contributed by atoms with Crippen molar-refractivity contribution in [2.24, 2.45) is 17.8 Å². The van der Waals surface area contributed by atoms with Crippen LogP contribution in [0, 0.1) is 17.8 Å². The van der Waals surface area contributed by atoms with E-state index in [-0.39, 0.29) is 5.56 Å². The third-order valence-corrected chi connectivity index (χ3v) is 7.84. The average Bonchev–Trinajstić information content (AvgIpc) is 2.76. The van der Waals surface area contributed by atoms with E-state index < -0.39 is 11.7 Å². The Hall–Kier alpha value is -1.25. The molecular formula is C27H40F2O. The highest BCUT2D eigenvalue weighted by molar-refractivity contribution is 6.01. The van der Waals surface area contributed by atoms with Gasteiger partial charge in [-0.05, 0) is 67.8 Å². The molecule has 0 unspecified atom stereocenters. The Balaban J connectivity index is 1.42. The summed E-state index contributed by atoms with van der Waals surface area (Å²) in [6.07, 6.45) is 17.7. The molecule has 0 radical (unpaired) electrons. The predicted molar refractivity (Wildman–Crippen MR) is 120 cm³/mol. The normalized spacial score (nSPS) is 27.7. The second kappa shape index (κ2) is 10.9. The second-order valence-corrected chi connectivity index (χ2v) is 10.1. The number of unbranched alkanes of at least 4 members (excludes halogenated alkanes) is 3. The fourth-order valence-electron chi connectivity index (χ4n) is 5.89. The molecule has 1 nitrogen and oxygen atoms in total. The molecule has 0 atom stereocenters. The van der Waals surface area contributed by atoms with Gasteiger partial charge in [0.1, 0.15) is 0 Å². The molecule has 0 heterocycles. The third kappa shape index (κ3) is 6.37. The summed E-state index contributed by atoms with van der Waals surface area (Å²) in [5.41, 5.74) is 1.33. The molecule has 1 aromatic carbocycles. The van der Waals surface area contributed by atoms with Crippen LogP contribution in [0.3, 0.4) is 0 Å². The van der Waals surface area contributed by atoms with Gasteiger partial charge in [0.05, 0.1) is 0 Å². The Kier molecular flexibility index (Phi) is 8.48. The molecule has 0 amide bonds. The Morgan fingerprint density at radius 2 is 1.43 bits per heavy atom. The zero-order valence-corrected chi connectivity index (χ0v) is 19.0. The molecule has 0 N–H and O–H groups in total. The lowest BCUT2D eigenvalue weighted by Gasteiger charge is -2.38. The highest BCUT2D eigenvalue weighted by Crippen LogP contribution is 2.44. The standard InChI is InChI=1S/C27H40F2O/c1-3-4-5-6-7-20-8-10-21(11-9-20)22-12-14-23(15-13-22)24-16-18-25(19-17-24)26(30)27(2,28)29/h16-23H,3-15H2,1-2H3/t20-,21-,22?,23?. The molecule has 0 spiro atoms. The number of carbonyl (C=O) groups is 1. The van der Waals surface area contributed by atoms with Crippen molar-refractivity contribution in [1.82, 2.24) is 0 Å². The number of rotatable bonds is 9. The van der Waals surface area contributed by atoms with Crippen LogP contribution in [0.15, 0.2) is 24.3 Å². The monoisotopic (exact) mass is 418 g/mol. The SMILES string of the molecule is CCCCCC[C@H]1CC[C@H](C2CCC(c3ccc(C(=O)C(C)(F)F)cc3)CC2)CC1. The van der Waals surface area contributed by atoms with Gasteiger partial charge in [0.2, 0.25) is 5.78 Å². The van der Waals surface area contributed by atoms with E-state index in [4.69, 9.17) is 0 Å². The highest BCUT2D eigenvalue weighted by atomic mass is 19.3. The molecule has 0 saturated heterocycles. The second-order valence-electron chi connectivity index (χ2n) is 10.1. The van der Waals surface area contributed by atoms with Crippen molar-refractivity contribution < 1.29 is 13.6 Å². The van der Waals surface area contributed by atoms with Crippen LogP contribution in [0.2, 0.25) is 0 Å². The van der Waals surface area contributed by atoms with Crippen molar-refractivity contribution in [3.05, 3.63) is 35.4 Å². The van der Waals surface area contributed by atoms with Gasteiger partial charge in [-0.15, -0.1) is 0 Å². The summed E-state index contributed by atoms with van der Waals surface area (Å²) in [7, 11) is 0. The molecule has 1 aromatic rings. The van der Waals surface area contributed by atoms with Crippen LogP contribution >= 0.6 is 0 Å². The highest BCUT2D eigenvalue weighted by Gasteiger charge is 2.34. The van der Waals surface area contributed by atoms with Gasteiger partial charge in [-0.25, -0.2) is 0 Å². The van der Waals surface area contributed by atoms with Crippen molar-refractivity contribution in [2.75, 3.05) is 0 Å². The first-order valence-electron chi connectivity index (χ1n) is 12.4. The number of ketones is 1. The first-order chi connectivity index (χ1) is 14.4. The number of hydrogen-bond acceptors (Lipinski definition) is 1. The predicted octanol–water partition coefficient (Wildman–Crippen LogP) is 8.58. The Labute approximate surface area is 182 Å². The topological polar surface area (TPSA) is 17.1 Å². The Morgan fingerprint density at radius 1 is 0.867 bits per heavy atom. The maximum atomic E-state index is 13.2. The van der Waals surface area contributed by atoms with Gasteiger partial charge in [0.15, 0.2) is 0 Å². The average molecular weight is 419 g/mol. The largest absolute Gasteiger partial charge is 0.307 e. The summed E-state index contributed by atoms with van der Waals surface area (Å²) in [4.78, 5) is 11.7. The minimum Gasteiger partial charge on any atom is -0.287 e. The fraction of sp³-hybridized carbons (Fsp3) is 0.741. The summed E-state index contributed by atoms with van der Waals surface area (Å²) < 4.78 is 26.5. The fourth-order valence-corrected chi connectivity index (χ4v) is 5.89. The zero-order valence-electron chi connectivity index (χ0n) is 19.0. The van der Waals surface area contributed by atoms with E-state index in [0.717, 1.165) is 17.8 Å². The van der Waals surface area contributed by atoms with Crippen molar-refractivity contribution in [3.63, 3.8) is 0 Å². The van der Waals surface area contributed by atoms with E-state index in [2.05, 4.69) is 6.92 Å². The molecule has 2 aliphatic rings.